The van der Waals surface area contributed by atoms with Crippen LogP contribution in [0, 0.1) is 0 Å². The lowest BCUT2D eigenvalue weighted by Gasteiger charge is -2.28. The summed E-state index contributed by atoms with van der Waals surface area (Å²) in [4.78, 5) is 25.2. The maximum atomic E-state index is 13.5. The molecule has 7 nitrogen and oxygen atoms in total. The quantitative estimate of drug-likeness (QED) is 0.458. The number of benzene rings is 3. The van der Waals surface area contributed by atoms with Gasteiger partial charge in [0, 0.05) is 12.1 Å². The molecule has 8 heteroatoms. The molecule has 3 aromatic carbocycles. The molecule has 186 valence electrons. The fourth-order valence-corrected chi connectivity index (χ4v) is 6.24. The summed E-state index contributed by atoms with van der Waals surface area (Å²) in [7, 11) is -4.00. The van der Waals surface area contributed by atoms with Crippen LogP contribution in [0.4, 0.5) is 5.69 Å². The van der Waals surface area contributed by atoms with E-state index in [0.29, 0.717) is 18.5 Å². The first kappa shape index (κ1) is 24.2. The molecule has 0 spiro atoms. The summed E-state index contributed by atoms with van der Waals surface area (Å²) in [6.07, 6.45) is 3.75. The summed E-state index contributed by atoms with van der Waals surface area (Å²) in [6.45, 7) is 0. The van der Waals surface area contributed by atoms with E-state index < -0.39 is 16.1 Å². The van der Waals surface area contributed by atoms with Gasteiger partial charge in [-0.25, -0.2) is 8.42 Å². The lowest BCUT2D eigenvalue weighted by Crippen LogP contribution is -2.49. The van der Waals surface area contributed by atoms with Crippen molar-refractivity contribution in [3.05, 3.63) is 95.1 Å². The minimum absolute atomic E-state index is 0.0753. The number of hydrogen-bond donors (Lipinski definition) is 3. The van der Waals surface area contributed by atoms with Gasteiger partial charge < -0.3 is 10.6 Å². The Morgan fingerprint density at radius 1 is 0.944 bits per heavy atom. The third-order valence-corrected chi connectivity index (χ3v) is 8.33. The molecule has 5 rings (SSSR count). The van der Waals surface area contributed by atoms with Gasteiger partial charge in [-0.15, -0.1) is 0 Å². The van der Waals surface area contributed by atoms with Gasteiger partial charge in [-0.1, -0.05) is 54.6 Å². The average Bonchev–Trinajstić information content (AvgIpc) is 2.88. The largest absolute Gasteiger partial charge is 0.348 e. The fraction of sp³-hybridized carbons (Fsp3) is 0.286. The topological polar surface area (TPSA) is 104 Å². The summed E-state index contributed by atoms with van der Waals surface area (Å²) in [5, 5.41) is 5.88. The highest BCUT2D eigenvalue weighted by Gasteiger charge is 2.30. The molecule has 0 bridgehead atoms. The summed E-state index contributed by atoms with van der Waals surface area (Å²) < 4.78 is 29.5. The number of carbonyl (C=O) groups is 2. The molecular formula is C28H29N3O4S. The molecule has 0 aromatic heterocycles. The van der Waals surface area contributed by atoms with E-state index in [2.05, 4.69) is 21.4 Å². The van der Waals surface area contributed by atoms with E-state index in [1.54, 1.807) is 12.1 Å². The highest BCUT2D eigenvalue weighted by molar-refractivity contribution is 7.89. The van der Waals surface area contributed by atoms with Gasteiger partial charge in [-0.2, -0.15) is 4.72 Å². The zero-order chi connectivity index (χ0) is 25.1. The predicted octanol–water partition coefficient (Wildman–Crippen LogP) is 3.65. The minimum Gasteiger partial charge on any atom is -0.348 e. The van der Waals surface area contributed by atoms with Crippen molar-refractivity contribution in [1.82, 2.24) is 10.0 Å². The van der Waals surface area contributed by atoms with Gasteiger partial charge in [0.2, 0.25) is 21.8 Å². The van der Waals surface area contributed by atoms with Crippen molar-refractivity contribution in [3.63, 3.8) is 0 Å². The Labute approximate surface area is 211 Å². The number of fused-ring (bicyclic) bond motifs is 2. The minimum atomic E-state index is -4.00. The average molecular weight is 504 g/mol. The number of sulfonamides is 1. The molecule has 0 saturated carbocycles. The molecule has 2 atom stereocenters. The van der Waals surface area contributed by atoms with Crippen molar-refractivity contribution in [3.8, 4) is 0 Å². The number of carbonyl (C=O) groups excluding carboxylic acids is 2. The smallest absolute Gasteiger partial charge is 0.241 e. The zero-order valence-corrected chi connectivity index (χ0v) is 20.7. The Balaban J connectivity index is 1.40. The third kappa shape index (κ3) is 5.34. The normalized spacial score (nSPS) is 17.9. The molecule has 3 N–H and O–H groups in total. The maximum Gasteiger partial charge on any atom is 0.241 e. The van der Waals surface area contributed by atoms with Crippen LogP contribution < -0.4 is 15.4 Å². The van der Waals surface area contributed by atoms with Crippen molar-refractivity contribution >= 4 is 27.5 Å². The van der Waals surface area contributed by atoms with Crippen LogP contribution in [-0.4, -0.2) is 26.3 Å². The van der Waals surface area contributed by atoms with Crippen molar-refractivity contribution < 1.29 is 18.0 Å². The van der Waals surface area contributed by atoms with Crippen LogP contribution in [0.2, 0.25) is 0 Å². The summed E-state index contributed by atoms with van der Waals surface area (Å²) in [5.41, 5.74) is 4.56. The predicted molar refractivity (Wildman–Crippen MR) is 138 cm³/mol. The number of rotatable bonds is 7. The van der Waals surface area contributed by atoms with E-state index in [1.807, 2.05) is 48.5 Å². The van der Waals surface area contributed by atoms with E-state index in [-0.39, 0.29) is 29.2 Å². The van der Waals surface area contributed by atoms with Gasteiger partial charge in [0.05, 0.1) is 10.9 Å². The highest BCUT2D eigenvalue weighted by Crippen LogP contribution is 2.30. The second-order valence-electron chi connectivity index (χ2n) is 9.38. The van der Waals surface area contributed by atoms with Gasteiger partial charge >= 0.3 is 0 Å². The van der Waals surface area contributed by atoms with E-state index in [1.165, 1.54) is 11.6 Å². The van der Waals surface area contributed by atoms with Gasteiger partial charge in [0.1, 0.15) is 6.04 Å². The van der Waals surface area contributed by atoms with E-state index >= 15 is 0 Å². The molecule has 1 heterocycles. The highest BCUT2D eigenvalue weighted by atomic mass is 32.2. The third-order valence-electron chi connectivity index (χ3n) is 6.86. The number of nitrogens with one attached hydrogen (secondary N) is 3. The summed E-state index contributed by atoms with van der Waals surface area (Å²) in [5.74, 6) is -0.436. The maximum absolute atomic E-state index is 13.5. The Morgan fingerprint density at radius 3 is 2.56 bits per heavy atom. The van der Waals surface area contributed by atoms with Crippen LogP contribution >= 0.6 is 0 Å². The SMILES string of the molecule is O=C1CCc2cc(S(=O)(=O)N[C@H](Cc3ccccc3)C(=O)N[C@H]3CCCc4ccccc43)ccc2N1. The molecule has 0 unspecified atom stereocenters. The van der Waals surface area contributed by atoms with Crippen molar-refractivity contribution in [2.75, 3.05) is 5.32 Å². The van der Waals surface area contributed by atoms with Gasteiger partial charge in [0.15, 0.2) is 0 Å². The second-order valence-corrected chi connectivity index (χ2v) is 11.1. The molecule has 2 aliphatic rings. The molecule has 0 saturated heterocycles. The van der Waals surface area contributed by atoms with Gasteiger partial charge in [0.25, 0.3) is 0 Å². The van der Waals surface area contributed by atoms with Crippen LogP contribution in [0.15, 0.2) is 77.7 Å². The van der Waals surface area contributed by atoms with Crippen molar-refractivity contribution in [1.29, 1.82) is 0 Å². The van der Waals surface area contributed by atoms with Crippen LogP contribution in [0.25, 0.3) is 0 Å². The lowest BCUT2D eigenvalue weighted by atomic mass is 9.87. The van der Waals surface area contributed by atoms with E-state index in [4.69, 9.17) is 0 Å². The van der Waals surface area contributed by atoms with Crippen LogP contribution in [0.3, 0.4) is 0 Å². The Morgan fingerprint density at radius 2 is 1.72 bits per heavy atom. The molecule has 1 aliphatic heterocycles. The number of hydrogen-bond acceptors (Lipinski definition) is 4. The first-order valence-electron chi connectivity index (χ1n) is 12.3. The van der Waals surface area contributed by atoms with Crippen molar-refractivity contribution in [2.45, 2.75) is 55.5 Å². The second kappa shape index (κ2) is 10.2. The van der Waals surface area contributed by atoms with Crippen LogP contribution in [0.1, 0.15) is 47.6 Å². The molecule has 3 aromatic rings. The Hall–Kier alpha value is -3.49. The standard InChI is InChI=1S/C28H29N3O4S/c32-27-16-13-21-18-22(14-15-24(21)29-27)36(34,35)31-26(17-19-7-2-1-3-8-19)28(33)30-25-12-6-10-20-9-4-5-11-23(20)25/h1-5,7-9,11,14-15,18,25-26,31H,6,10,12-13,16-17H2,(H,29,32)(H,30,33)/t25-,26+/m0/s1. The molecule has 36 heavy (non-hydrogen) atoms. The molecule has 2 amide bonds. The molecular weight excluding hydrogens is 474 g/mol. The van der Waals surface area contributed by atoms with E-state index in [0.717, 1.165) is 36.0 Å². The molecule has 0 fully saturated rings. The fourth-order valence-electron chi connectivity index (χ4n) is 5.00. The van der Waals surface area contributed by atoms with Gasteiger partial charge in [-0.05, 0) is 72.6 Å². The zero-order valence-electron chi connectivity index (χ0n) is 19.9. The summed E-state index contributed by atoms with van der Waals surface area (Å²) >= 11 is 0. The Bertz CT molecular complexity index is 1390. The Kier molecular flexibility index (Phi) is 6.89. The first-order chi connectivity index (χ1) is 17.4. The number of aryl methyl sites for hydroxylation is 2. The lowest BCUT2D eigenvalue weighted by molar-refractivity contribution is -0.123. The molecule has 1 aliphatic carbocycles. The summed E-state index contributed by atoms with van der Waals surface area (Å²) in [6, 6.07) is 21.0. The monoisotopic (exact) mass is 503 g/mol. The van der Waals surface area contributed by atoms with E-state index in [9.17, 15) is 18.0 Å². The molecule has 0 radical (unpaired) electrons. The first-order valence-corrected chi connectivity index (χ1v) is 13.7. The van der Waals surface area contributed by atoms with Crippen LogP contribution in [-0.2, 0) is 38.9 Å². The van der Waals surface area contributed by atoms with Gasteiger partial charge in [-0.3, -0.25) is 9.59 Å². The van der Waals surface area contributed by atoms with Crippen molar-refractivity contribution in [2.24, 2.45) is 0 Å². The van der Waals surface area contributed by atoms with Crippen LogP contribution in [0.5, 0.6) is 0 Å². The number of anilines is 1. The number of amides is 2.